The number of carbonyl (C=O) groups is 3. The summed E-state index contributed by atoms with van der Waals surface area (Å²) < 4.78 is 47.9. The van der Waals surface area contributed by atoms with E-state index in [2.05, 4.69) is 20.4 Å². The normalized spacial score (nSPS) is 26.7. The highest BCUT2D eigenvalue weighted by atomic mass is 19.1. The molecule has 55 heavy (non-hydrogen) atoms. The molecule has 6 aliphatic rings. The molecular formula is C39H46F2N8O6. The van der Waals surface area contributed by atoms with Crippen LogP contribution in [0.15, 0.2) is 24.3 Å². The zero-order valence-electron chi connectivity index (χ0n) is 31.0. The molecule has 4 amide bonds. The molecule has 3 aromatic rings. The minimum atomic E-state index is -1.07. The summed E-state index contributed by atoms with van der Waals surface area (Å²) in [5.74, 6) is 0.332. The van der Waals surface area contributed by atoms with Crippen LogP contribution in [0.3, 0.4) is 0 Å². The number of halogens is 2. The second-order valence-corrected chi connectivity index (χ2v) is 15.7. The van der Waals surface area contributed by atoms with E-state index in [4.69, 9.17) is 24.2 Å². The quantitative estimate of drug-likeness (QED) is 0.340. The van der Waals surface area contributed by atoms with Crippen LogP contribution in [0.4, 0.5) is 29.9 Å². The van der Waals surface area contributed by atoms with E-state index < -0.39 is 29.4 Å². The van der Waals surface area contributed by atoms with Crippen molar-refractivity contribution in [3.8, 4) is 11.8 Å². The number of ether oxygens (including phenoxy) is 3. The maximum Gasteiger partial charge on any atom is 0.415 e. The zero-order chi connectivity index (χ0) is 37.9. The van der Waals surface area contributed by atoms with Gasteiger partial charge in [0.05, 0.1) is 37.5 Å². The molecular weight excluding hydrogens is 714 g/mol. The second kappa shape index (κ2) is 14.0. The van der Waals surface area contributed by atoms with Crippen molar-refractivity contribution < 1.29 is 37.4 Å². The van der Waals surface area contributed by atoms with Crippen molar-refractivity contribution in [3.63, 3.8) is 0 Å². The summed E-state index contributed by atoms with van der Waals surface area (Å²) >= 11 is 0. The summed E-state index contributed by atoms with van der Waals surface area (Å²) in [6.07, 6.45) is 2.95. The van der Waals surface area contributed by atoms with Crippen LogP contribution in [0.2, 0.25) is 0 Å². The van der Waals surface area contributed by atoms with Crippen molar-refractivity contribution in [3.05, 3.63) is 46.9 Å². The van der Waals surface area contributed by atoms with Gasteiger partial charge in [-0.15, -0.1) is 0 Å². The number of benzene rings is 2. The van der Waals surface area contributed by atoms with Gasteiger partial charge in [0.25, 0.3) is 5.91 Å². The van der Waals surface area contributed by atoms with Gasteiger partial charge >= 0.3 is 18.1 Å². The molecule has 0 saturated carbocycles. The van der Waals surface area contributed by atoms with Crippen LogP contribution in [-0.4, -0.2) is 121 Å². The van der Waals surface area contributed by atoms with Gasteiger partial charge in [-0.05, 0) is 68.2 Å². The molecule has 1 aromatic heterocycles. The molecule has 0 radical (unpaired) electrons. The lowest BCUT2D eigenvalue weighted by atomic mass is 9.88. The molecule has 0 bridgehead atoms. The monoisotopic (exact) mass is 760 g/mol. The number of aromatic nitrogens is 2. The average Bonchev–Trinajstić information content (AvgIpc) is 3.81. The summed E-state index contributed by atoms with van der Waals surface area (Å²) in [5.41, 5.74) is 1.41. The fraction of sp³-hybridized carbons (Fsp3) is 0.564. The van der Waals surface area contributed by atoms with E-state index in [1.807, 2.05) is 11.8 Å². The predicted octanol–water partition coefficient (Wildman–Crippen LogP) is 3.86. The van der Waals surface area contributed by atoms with E-state index >= 15 is 4.39 Å². The number of piperidine rings is 1. The Morgan fingerprint density at radius 3 is 2.69 bits per heavy atom. The minimum absolute atomic E-state index is 0.164. The Morgan fingerprint density at radius 2 is 1.89 bits per heavy atom. The molecule has 2 N–H and O–H groups in total. The van der Waals surface area contributed by atoms with Crippen LogP contribution in [0.5, 0.6) is 11.8 Å². The predicted molar refractivity (Wildman–Crippen MR) is 198 cm³/mol. The molecule has 1 spiro atoms. The topological polar surface area (TPSA) is 142 Å². The van der Waals surface area contributed by atoms with Gasteiger partial charge in [0.15, 0.2) is 0 Å². The second-order valence-electron chi connectivity index (χ2n) is 15.7. The SMILES string of the molecule is CCc1c(F)ccc2cc(OC(=O)N3CCOCC3)cc(N3CCc4c(nc(OC[C@@]56CCCN5C[C@H](F)C6)nc4N4CCC[C@]5(C4)NC(=O)NC5=O)C3)c12. The maximum atomic E-state index is 15.4. The third-order valence-electron chi connectivity index (χ3n) is 12.3. The number of alkyl halides is 1. The first-order chi connectivity index (χ1) is 26.6. The highest BCUT2D eigenvalue weighted by Gasteiger charge is 2.51. The third kappa shape index (κ3) is 6.46. The maximum absolute atomic E-state index is 15.4. The average molecular weight is 761 g/mol. The molecule has 6 aliphatic heterocycles. The molecule has 5 saturated heterocycles. The number of urea groups is 1. The number of hydrogen-bond acceptors (Lipinski definition) is 11. The van der Waals surface area contributed by atoms with Crippen molar-refractivity contribution in [1.29, 1.82) is 0 Å². The largest absolute Gasteiger partial charge is 0.461 e. The molecule has 7 heterocycles. The first-order valence-electron chi connectivity index (χ1n) is 19.5. The first-order valence-corrected chi connectivity index (χ1v) is 19.5. The Bertz CT molecular complexity index is 2050. The molecule has 0 unspecified atom stereocenters. The van der Waals surface area contributed by atoms with Gasteiger partial charge in [-0.3, -0.25) is 15.0 Å². The zero-order valence-corrected chi connectivity index (χ0v) is 31.0. The Labute approximate surface area is 317 Å². The molecule has 16 heteroatoms. The van der Waals surface area contributed by atoms with Crippen molar-refractivity contribution in [1.82, 2.24) is 30.4 Å². The van der Waals surface area contributed by atoms with Crippen molar-refractivity contribution in [2.75, 3.05) is 75.4 Å². The molecule has 0 aliphatic carbocycles. The van der Waals surface area contributed by atoms with Gasteiger partial charge in [-0.1, -0.05) is 13.0 Å². The summed E-state index contributed by atoms with van der Waals surface area (Å²) in [5, 5.41) is 6.76. The van der Waals surface area contributed by atoms with Gasteiger partial charge in [0, 0.05) is 61.8 Å². The van der Waals surface area contributed by atoms with Gasteiger partial charge in [0.2, 0.25) is 0 Å². The molecule has 292 valence electrons. The van der Waals surface area contributed by atoms with Gasteiger partial charge in [0.1, 0.15) is 35.7 Å². The smallest absolute Gasteiger partial charge is 0.415 e. The van der Waals surface area contributed by atoms with Crippen LogP contribution in [-0.2, 0) is 28.9 Å². The Hall–Kier alpha value is -4.83. The van der Waals surface area contributed by atoms with E-state index in [1.165, 1.54) is 6.07 Å². The van der Waals surface area contributed by atoms with E-state index in [0.717, 1.165) is 41.4 Å². The van der Waals surface area contributed by atoms with Crippen molar-refractivity contribution >= 4 is 40.3 Å². The van der Waals surface area contributed by atoms with Crippen molar-refractivity contribution in [2.45, 2.75) is 75.7 Å². The van der Waals surface area contributed by atoms with Crippen LogP contribution < -0.4 is 29.9 Å². The molecule has 5 fully saturated rings. The van der Waals surface area contributed by atoms with Crippen LogP contribution >= 0.6 is 0 Å². The van der Waals surface area contributed by atoms with E-state index in [9.17, 15) is 18.8 Å². The number of nitrogens with one attached hydrogen (secondary N) is 2. The number of rotatable bonds is 7. The summed E-state index contributed by atoms with van der Waals surface area (Å²) in [4.78, 5) is 56.4. The third-order valence-corrected chi connectivity index (χ3v) is 12.3. The Kier molecular flexibility index (Phi) is 9.15. The number of carbonyl (C=O) groups excluding carboxylic acids is 3. The van der Waals surface area contributed by atoms with E-state index in [0.29, 0.717) is 107 Å². The highest BCUT2D eigenvalue weighted by molar-refractivity contribution is 6.07. The van der Waals surface area contributed by atoms with E-state index in [1.54, 1.807) is 23.1 Å². The number of morpholine rings is 1. The number of amides is 4. The number of fused-ring (bicyclic) bond motifs is 3. The fourth-order valence-corrected chi connectivity index (χ4v) is 9.65. The molecule has 3 atom stereocenters. The molecule has 14 nitrogen and oxygen atoms in total. The van der Waals surface area contributed by atoms with Crippen LogP contribution in [0, 0.1) is 5.82 Å². The first kappa shape index (κ1) is 35.8. The number of imide groups is 1. The standard InChI is InChI=1S/C39H46F2N8O6/c1-2-27-29(41)6-5-24-17-26(55-37(52)46-13-15-53-16-14-46)18-31(32(24)27)47-12-7-28-30(21-47)42-36(54-23-38-8-3-11-49(38)20-25(40)19-38)43-33(28)48-10-4-9-39(22-48)34(50)44-35(51)45-39/h5-6,17-18,25H,2-4,7-16,19-23H2,1H3,(H2,44,45,50,51)/t25-,38+,39-/m1/s1. The number of aryl methyl sites for hydroxylation is 1. The van der Waals surface area contributed by atoms with Crippen molar-refractivity contribution in [2.24, 2.45) is 0 Å². The van der Waals surface area contributed by atoms with Gasteiger partial charge < -0.3 is 34.2 Å². The number of nitrogens with zero attached hydrogens (tertiary/aromatic N) is 6. The molecule has 2 aromatic carbocycles. The van der Waals surface area contributed by atoms with Crippen LogP contribution in [0.1, 0.15) is 55.8 Å². The number of anilines is 2. The lowest BCUT2D eigenvalue weighted by Gasteiger charge is -2.40. The lowest BCUT2D eigenvalue weighted by molar-refractivity contribution is -0.124. The Balaban J connectivity index is 1.08. The summed E-state index contributed by atoms with van der Waals surface area (Å²) in [6.45, 7) is 6.82. The number of hydrogen-bond donors (Lipinski definition) is 2. The van der Waals surface area contributed by atoms with Crippen LogP contribution in [0.25, 0.3) is 10.8 Å². The summed E-state index contributed by atoms with van der Waals surface area (Å²) in [7, 11) is 0. The van der Waals surface area contributed by atoms with Gasteiger partial charge in [-0.25, -0.2) is 18.4 Å². The fourth-order valence-electron chi connectivity index (χ4n) is 9.65. The van der Waals surface area contributed by atoms with E-state index in [-0.39, 0.29) is 30.9 Å². The molecule has 9 rings (SSSR count). The highest BCUT2D eigenvalue weighted by Crippen LogP contribution is 2.42. The minimum Gasteiger partial charge on any atom is -0.461 e. The summed E-state index contributed by atoms with van der Waals surface area (Å²) in [6, 6.07) is 6.40. The van der Waals surface area contributed by atoms with Gasteiger partial charge in [-0.2, -0.15) is 9.97 Å². The lowest BCUT2D eigenvalue weighted by Crippen LogP contribution is -2.59. The Morgan fingerprint density at radius 1 is 1.05 bits per heavy atom.